The summed E-state index contributed by atoms with van der Waals surface area (Å²) in [5, 5.41) is 19.6. The van der Waals surface area contributed by atoms with Crippen LogP contribution in [0.3, 0.4) is 0 Å². The molecule has 1 aromatic carbocycles. The molecule has 0 amide bonds. The highest BCUT2D eigenvalue weighted by Gasteiger charge is 2.34. The van der Waals surface area contributed by atoms with E-state index in [1.54, 1.807) is 6.20 Å². The molecule has 1 aromatic heterocycles. The van der Waals surface area contributed by atoms with E-state index in [0.717, 1.165) is 6.42 Å². The lowest BCUT2D eigenvalue weighted by Gasteiger charge is -2.38. The monoisotopic (exact) mass is 362 g/mol. The van der Waals surface area contributed by atoms with Crippen LogP contribution >= 0.6 is 0 Å². The van der Waals surface area contributed by atoms with Crippen molar-refractivity contribution >= 4 is 22.8 Å². The van der Waals surface area contributed by atoms with Crippen LogP contribution in [-0.4, -0.2) is 44.7 Å². The van der Waals surface area contributed by atoms with Crippen LogP contribution in [0.25, 0.3) is 10.9 Å². The van der Waals surface area contributed by atoms with Crippen LogP contribution in [0.4, 0.5) is 4.39 Å². The highest BCUT2D eigenvalue weighted by atomic mass is 19.1. The van der Waals surface area contributed by atoms with Gasteiger partial charge in [-0.1, -0.05) is 13.8 Å². The van der Waals surface area contributed by atoms with Gasteiger partial charge in [0.2, 0.25) is 0 Å². The number of hydrogen-bond acceptors (Lipinski definition) is 3. The normalized spacial score (nSPS) is 22.4. The maximum Gasteiger partial charge on any atom is 0.325 e. The third kappa shape index (κ3) is 3.58. The Kier molecular flexibility index (Phi) is 5.00. The second-order valence-electron chi connectivity index (χ2n) is 7.41. The maximum atomic E-state index is 13.7. The summed E-state index contributed by atoms with van der Waals surface area (Å²) < 4.78 is 15.1. The Hall–Kier alpha value is -2.41. The molecule has 0 aliphatic carbocycles. The van der Waals surface area contributed by atoms with Crippen LogP contribution in [0.15, 0.2) is 24.4 Å². The summed E-state index contributed by atoms with van der Waals surface area (Å²) in [6.07, 6.45) is 2.59. The van der Waals surface area contributed by atoms with Crippen molar-refractivity contribution in [2.24, 2.45) is 11.8 Å². The summed E-state index contributed by atoms with van der Waals surface area (Å²) in [5.74, 6) is -1.77. The van der Waals surface area contributed by atoms with Crippen molar-refractivity contribution in [3.63, 3.8) is 0 Å². The molecule has 3 rings (SSSR count). The van der Waals surface area contributed by atoms with E-state index < -0.39 is 23.8 Å². The smallest absolute Gasteiger partial charge is 0.325 e. The third-order valence-corrected chi connectivity index (χ3v) is 4.97. The number of nitrogens with zero attached hydrogens (tertiary/aromatic N) is 2. The van der Waals surface area contributed by atoms with Crippen molar-refractivity contribution in [1.82, 2.24) is 9.47 Å². The molecule has 0 radical (unpaired) electrons. The maximum absolute atomic E-state index is 13.7. The number of carboxylic acid groups (broad SMARTS) is 2. The van der Waals surface area contributed by atoms with Gasteiger partial charge < -0.3 is 14.8 Å². The SMILES string of the molecule is CC1CC(C)CN(C(C(=O)O)c2cn(CC(=O)O)c3cc(F)ccc23)C1. The molecule has 2 aromatic rings. The second kappa shape index (κ2) is 7.07. The zero-order chi connectivity index (χ0) is 19.0. The van der Waals surface area contributed by atoms with Gasteiger partial charge in [-0.3, -0.25) is 14.5 Å². The summed E-state index contributed by atoms with van der Waals surface area (Å²) in [6.45, 7) is 5.18. The van der Waals surface area contributed by atoms with Crippen LogP contribution in [0.5, 0.6) is 0 Å². The van der Waals surface area contributed by atoms with Crippen molar-refractivity contribution in [2.45, 2.75) is 32.9 Å². The third-order valence-electron chi connectivity index (χ3n) is 4.97. The first-order valence-corrected chi connectivity index (χ1v) is 8.73. The Bertz CT molecular complexity index is 837. The zero-order valence-electron chi connectivity index (χ0n) is 14.9. The van der Waals surface area contributed by atoms with Gasteiger partial charge in [-0.05, 0) is 36.5 Å². The predicted molar refractivity (Wildman–Crippen MR) is 94.4 cm³/mol. The Morgan fingerprint density at radius 2 is 1.88 bits per heavy atom. The van der Waals surface area contributed by atoms with Crippen LogP contribution in [-0.2, 0) is 16.1 Å². The van der Waals surface area contributed by atoms with E-state index >= 15 is 0 Å². The molecule has 2 heterocycles. The molecule has 1 aliphatic heterocycles. The number of piperidine rings is 1. The lowest BCUT2D eigenvalue weighted by atomic mass is 9.89. The van der Waals surface area contributed by atoms with Crippen LogP contribution < -0.4 is 0 Å². The molecule has 1 aliphatic rings. The van der Waals surface area contributed by atoms with E-state index in [-0.39, 0.29) is 6.54 Å². The Morgan fingerprint density at radius 1 is 1.23 bits per heavy atom. The Labute approximate surface area is 150 Å². The first-order valence-electron chi connectivity index (χ1n) is 8.73. The van der Waals surface area contributed by atoms with Crippen LogP contribution in [0.1, 0.15) is 31.9 Å². The first-order chi connectivity index (χ1) is 12.3. The van der Waals surface area contributed by atoms with E-state index in [9.17, 15) is 19.1 Å². The average molecular weight is 362 g/mol. The van der Waals surface area contributed by atoms with Gasteiger partial charge in [0.1, 0.15) is 18.4 Å². The summed E-state index contributed by atoms with van der Waals surface area (Å²) in [5.41, 5.74) is 0.904. The van der Waals surface area contributed by atoms with Crippen molar-refractivity contribution in [3.05, 3.63) is 35.8 Å². The Balaban J connectivity index is 2.11. The number of rotatable bonds is 5. The number of halogens is 1. The molecule has 0 spiro atoms. The standard InChI is InChI=1S/C19H23FN2O4/c1-11-5-12(2)8-22(7-11)18(19(25)26)15-9-21(10-17(23)24)16-6-13(20)3-4-14(15)16/h3-4,6,9,11-12,18H,5,7-8,10H2,1-2H3,(H,23,24)(H,25,26). The van der Waals surface area contributed by atoms with Crippen molar-refractivity contribution in [3.8, 4) is 0 Å². The number of carbonyl (C=O) groups is 2. The summed E-state index contributed by atoms with van der Waals surface area (Å²) in [6, 6.07) is 3.17. The van der Waals surface area contributed by atoms with E-state index in [0.29, 0.717) is 41.4 Å². The molecule has 3 atom stereocenters. The number of hydrogen-bond donors (Lipinski definition) is 2. The molecule has 6 nitrogen and oxygen atoms in total. The highest BCUT2D eigenvalue weighted by Crippen LogP contribution is 2.34. The number of fused-ring (bicyclic) bond motifs is 1. The van der Waals surface area contributed by atoms with Gasteiger partial charge in [0.25, 0.3) is 0 Å². The molecule has 2 N–H and O–H groups in total. The second-order valence-corrected chi connectivity index (χ2v) is 7.41. The lowest BCUT2D eigenvalue weighted by Crippen LogP contribution is -2.43. The molecule has 140 valence electrons. The summed E-state index contributed by atoms with van der Waals surface area (Å²) in [7, 11) is 0. The van der Waals surface area contributed by atoms with Gasteiger partial charge >= 0.3 is 11.9 Å². The minimum absolute atomic E-state index is 0.348. The van der Waals surface area contributed by atoms with E-state index in [4.69, 9.17) is 5.11 Å². The highest BCUT2D eigenvalue weighted by molar-refractivity contribution is 5.90. The molecule has 1 saturated heterocycles. The average Bonchev–Trinajstić information content (AvgIpc) is 2.83. The molecular formula is C19H23FN2O4. The molecule has 7 heteroatoms. The molecule has 0 bridgehead atoms. The van der Waals surface area contributed by atoms with E-state index in [1.165, 1.54) is 22.8 Å². The molecule has 3 unspecified atom stereocenters. The lowest BCUT2D eigenvalue weighted by molar-refractivity contribution is -0.144. The minimum atomic E-state index is -1.06. The summed E-state index contributed by atoms with van der Waals surface area (Å²) >= 11 is 0. The molecule has 26 heavy (non-hydrogen) atoms. The van der Waals surface area contributed by atoms with E-state index in [1.807, 2.05) is 4.90 Å². The zero-order valence-corrected chi connectivity index (χ0v) is 14.9. The Morgan fingerprint density at radius 3 is 2.46 bits per heavy atom. The number of aromatic nitrogens is 1. The van der Waals surface area contributed by atoms with Crippen molar-refractivity contribution in [1.29, 1.82) is 0 Å². The topological polar surface area (TPSA) is 82.8 Å². The summed E-state index contributed by atoms with van der Waals surface area (Å²) in [4.78, 5) is 25.2. The van der Waals surface area contributed by atoms with E-state index in [2.05, 4.69) is 13.8 Å². The fourth-order valence-electron chi connectivity index (χ4n) is 4.20. The number of benzene rings is 1. The minimum Gasteiger partial charge on any atom is -0.480 e. The van der Waals surface area contributed by atoms with Crippen molar-refractivity contribution < 1.29 is 24.2 Å². The largest absolute Gasteiger partial charge is 0.480 e. The number of aliphatic carboxylic acids is 2. The molecule has 1 fully saturated rings. The van der Waals surface area contributed by atoms with Gasteiger partial charge in [0, 0.05) is 30.2 Å². The van der Waals surface area contributed by atoms with Gasteiger partial charge in [0.15, 0.2) is 0 Å². The van der Waals surface area contributed by atoms with Gasteiger partial charge in [-0.15, -0.1) is 0 Å². The van der Waals surface area contributed by atoms with Crippen LogP contribution in [0, 0.1) is 17.7 Å². The fourth-order valence-corrected chi connectivity index (χ4v) is 4.20. The molecule has 0 saturated carbocycles. The van der Waals surface area contributed by atoms with Gasteiger partial charge in [-0.25, -0.2) is 4.39 Å². The quantitative estimate of drug-likeness (QED) is 0.854. The van der Waals surface area contributed by atoms with Gasteiger partial charge in [-0.2, -0.15) is 0 Å². The van der Waals surface area contributed by atoms with Gasteiger partial charge in [0.05, 0.1) is 5.52 Å². The fraction of sp³-hybridized carbons (Fsp3) is 0.474. The first kappa shape index (κ1) is 18.4. The predicted octanol–water partition coefficient (Wildman–Crippen LogP) is 2.97. The molecular weight excluding hydrogens is 339 g/mol. The van der Waals surface area contributed by atoms with Crippen molar-refractivity contribution in [2.75, 3.05) is 13.1 Å². The van der Waals surface area contributed by atoms with Crippen LogP contribution in [0.2, 0.25) is 0 Å². The number of carboxylic acids is 2. The number of likely N-dealkylation sites (tertiary alicyclic amines) is 1.